The quantitative estimate of drug-likeness (QED) is 0.559. The minimum Gasteiger partial charge on any atom is -0.476 e. The zero-order valence-electron chi connectivity index (χ0n) is 15.6. The van der Waals surface area contributed by atoms with Crippen molar-refractivity contribution in [3.8, 4) is 5.75 Å². The van der Waals surface area contributed by atoms with Crippen LogP contribution in [0.2, 0.25) is 5.02 Å². The summed E-state index contributed by atoms with van der Waals surface area (Å²) in [6.07, 6.45) is 2.11. The van der Waals surface area contributed by atoms with Crippen LogP contribution in [0.1, 0.15) is 29.2 Å². The number of ether oxygens (including phenoxy) is 1. The molecule has 0 saturated heterocycles. The fourth-order valence-corrected chi connectivity index (χ4v) is 5.22. The van der Waals surface area contributed by atoms with Gasteiger partial charge >= 0.3 is 0 Å². The molecule has 146 valence electrons. The molecule has 2 unspecified atom stereocenters. The van der Waals surface area contributed by atoms with Crippen LogP contribution in [-0.2, 0) is 11.2 Å². The summed E-state index contributed by atoms with van der Waals surface area (Å²) in [7, 11) is 1.71. The van der Waals surface area contributed by atoms with Gasteiger partial charge in [0, 0.05) is 29.7 Å². The van der Waals surface area contributed by atoms with Gasteiger partial charge in [0.2, 0.25) is 0 Å². The van der Waals surface area contributed by atoms with E-state index in [0.717, 1.165) is 15.6 Å². The second-order valence-corrected chi connectivity index (χ2v) is 8.75. The Morgan fingerprint density at radius 3 is 2.59 bits per heavy atom. The Balaban J connectivity index is 1.84. The molecule has 1 fully saturated rings. The molecule has 1 saturated carbocycles. The van der Waals surface area contributed by atoms with Gasteiger partial charge in [0.15, 0.2) is 11.2 Å². The van der Waals surface area contributed by atoms with Gasteiger partial charge < -0.3 is 9.84 Å². The number of aromatic nitrogens is 1. The molecule has 29 heavy (non-hydrogen) atoms. The largest absolute Gasteiger partial charge is 0.476 e. The van der Waals surface area contributed by atoms with Gasteiger partial charge in [0.1, 0.15) is 11.4 Å². The Bertz CT molecular complexity index is 1120. The van der Waals surface area contributed by atoms with Crippen LogP contribution in [0.5, 0.6) is 5.75 Å². The van der Waals surface area contributed by atoms with E-state index in [1.54, 1.807) is 19.3 Å². The minimum atomic E-state index is -1.49. The maximum Gasteiger partial charge on any atom is 0.192 e. The van der Waals surface area contributed by atoms with Crippen LogP contribution < -0.4 is 4.74 Å². The predicted molar refractivity (Wildman–Crippen MR) is 117 cm³/mol. The minimum absolute atomic E-state index is 0.151. The number of aliphatic hydroxyl groups is 1. The number of pyridine rings is 1. The lowest BCUT2D eigenvalue weighted by Crippen LogP contribution is -2.51. The summed E-state index contributed by atoms with van der Waals surface area (Å²) in [5, 5.41) is 12.7. The van der Waals surface area contributed by atoms with E-state index in [1.807, 2.05) is 42.5 Å². The molecule has 2 heterocycles. The SMILES string of the molecule is CN=C1CC(c2ccccc2)[C@]2(c3ccc(Br)cc3)Oc3cc(Cl)cnc3C12O. The standard InChI is InChI=1S/C23H18BrClN2O2/c1-26-20-12-18(14-5-3-2-4-6-14)23(15-7-9-16(24)10-8-15)22(20,28)21-19(29-23)11-17(25)13-27-21/h2-11,13,18,28H,12H2,1H3/t18?,22?,23-/m0/s1. The molecule has 2 aliphatic rings. The van der Waals surface area contributed by atoms with Crippen LogP contribution in [0.15, 0.2) is 76.3 Å². The predicted octanol–water partition coefficient (Wildman–Crippen LogP) is 5.23. The van der Waals surface area contributed by atoms with E-state index in [1.165, 1.54) is 0 Å². The molecule has 1 N–H and O–H groups in total. The molecule has 6 heteroatoms. The van der Waals surface area contributed by atoms with Gasteiger partial charge in [-0.1, -0.05) is 70.0 Å². The van der Waals surface area contributed by atoms with Crippen LogP contribution in [0.4, 0.5) is 0 Å². The van der Waals surface area contributed by atoms with E-state index in [-0.39, 0.29) is 5.92 Å². The van der Waals surface area contributed by atoms with Crippen molar-refractivity contribution in [2.75, 3.05) is 7.05 Å². The highest BCUT2D eigenvalue weighted by Crippen LogP contribution is 2.65. The number of nitrogens with zero attached hydrogens (tertiary/aromatic N) is 2. The molecule has 3 aromatic rings. The normalized spacial score (nSPS) is 28.8. The zero-order chi connectivity index (χ0) is 20.2. The number of fused-ring (bicyclic) bond motifs is 3. The van der Waals surface area contributed by atoms with Gasteiger partial charge in [-0.3, -0.25) is 9.98 Å². The lowest BCUT2D eigenvalue weighted by Gasteiger charge is -2.39. The van der Waals surface area contributed by atoms with Gasteiger partial charge in [0.25, 0.3) is 0 Å². The lowest BCUT2D eigenvalue weighted by molar-refractivity contribution is -0.0753. The van der Waals surface area contributed by atoms with Crippen LogP contribution in [-0.4, -0.2) is 22.8 Å². The molecular formula is C23H18BrClN2O2. The lowest BCUT2D eigenvalue weighted by atomic mass is 9.72. The Morgan fingerprint density at radius 1 is 1.17 bits per heavy atom. The highest BCUT2D eigenvalue weighted by Gasteiger charge is 2.72. The summed E-state index contributed by atoms with van der Waals surface area (Å²) >= 11 is 9.70. The molecule has 0 spiro atoms. The third-order valence-electron chi connectivity index (χ3n) is 6.02. The van der Waals surface area contributed by atoms with Crippen molar-refractivity contribution < 1.29 is 9.84 Å². The molecule has 0 bridgehead atoms. The first kappa shape index (κ1) is 18.8. The first-order chi connectivity index (χ1) is 14.0. The van der Waals surface area contributed by atoms with Crippen molar-refractivity contribution >= 4 is 33.2 Å². The highest BCUT2D eigenvalue weighted by atomic mass is 79.9. The summed E-state index contributed by atoms with van der Waals surface area (Å²) in [5.74, 6) is 0.339. The van der Waals surface area contributed by atoms with Crippen molar-refractivity contribution in [3.63, 3.8) is 0 Å². The number of hydrogen-bond acceptors (Lipinski definition) is 4. The third-order valence-corrected chi connectivity index (χ3v) is 6.76. The van der Waals surface area contributed by atoms with Crippen LogP contribution in [0.3, 0.4) is 0 Å². The molecule has 3 atom stereocenters. The third kappa shape index (κ3) is 2.48. The summed E-state index contributed by atoms with van der Waals surface area (Å²) in [6.45, 7) is 0. The topological polar surface area (TPSA) is 54.7 Å². The van der Waals surface area contributed by atoms with Crippen LogP contribution in [0, 0.1) is 0 Å². The molecule has 2 aromatic carbocycles. The maximum absolute atomic E-state index is 12.3. The van der Waals surface area contributed by atoms with Crippen LogP contribution >= 0.6 is 27.5 Å². The Labute approximate surface area is 182 Å². The number of hydrogen-bond donors (Lipinski definition) is 1. The van der Waals surface area contributed by atoms with Gasteiger partial charge in [0.05, 0.1) is 10.7 Å². The van der Waals surface area contributed by atoms with Crippen molar-refractivity contribution in [3.05, 3.63) is 93.2 Å². The zero-order valence-corrected chi connectivity index (χ0v) is 18.0. The van der Waals surface area contributed by atoms with E-state index >= 15 is 0 Å². The average Bonchev–Trinajstić information content (AvgIpc) is 3.13. The molecule has 1 aliphatic carbocycles. The highest BCUT2D eigenvalue weighted by molar-refractivity contribution is 9.10. The summed E-state index contributed by atoms with van der Waals surface area (Å²) in [6, 6.07) is 19.7. The summed E-state index contributed by atoms with van der Waals surface area (Å²) in [5.41, 5.74) is 0.475. The van der Waals surface area contributed by atoms with Crippen molar-refractivity contribution in [2.24, 2.45) is 4.99 Å². The van der Waals surface area contributed by atoms with Gasteiger partial charge in [-0.25, -0.2) is 0 Å². The summed E-state index contributed by atoms with van der Waals surface area (Å²) < 4.78 is 7.59. The van der Waals surface area contributed by atoms with E-state index < -0.39 is 11.2 Å². The fraction of sp³-hybridized carbons (Fsp3) is 0.217. The van der Waals surface area contributed by atoms with Gasteiger partial charge in [-0.05, 0) is 29.7 Å². The smallest absolute Gasteiger partial charge is 0.192 e. The van der Waals surface area contributed by atoms with E-state index in [0.29, 0.717) is 28.6 Å². The molecule has 1 aromatic heterocycles. The first-order valence-electron chi connectivity index (χ1n) is 9.35. The second-order valence-electron chi connectivity index (χ2n) is 7.39. The van der Waals surface area contributed by atoms with E-state index in [9.17, 15) is 5.11 Å². The summed E-state index contributed by atoms with van der Waals surface area (Å²) in [4.78, 5) is 8.98. The first-order valence-corrected chi connectivity index (χ1v) is 10.5. The molecule has 1 aliphatic heterocycles. The molecule has 0 radical (unpaired) electrons. The number of aliphatic imine (C=N–C) groups is 1. The van der Waals surface area contributed by atoms with Crippen molar-refractivity contribution in [2.45, 2.75) is 23.5 Å². The van der Waals surface area contributed by atoms with Gasteiger partial charge in [-0.2, -0.15) is 0 Å². The molecule has 4 nitrogen and oxygen atoms in total. The molecule has 0 amide bonds. The average molecular weight is 470 g/mol. The Morgan fingerprint density at radius 2 is 1.90 bits per heavy atom. The van der Waals surface area contributed by atoms with Crippen molar-refractivity contribution in [1.29, 1.82) is 0 Å². The van der Waals surface area contributed by atoms with Gasteiger partial charge in [-0.15, -0.1) is 0 Å². The Kier molecular flexibility index (Phi) is 4.32. The van der Waals surface area contributed by atoms with E-state index in [4.69, 9.17) is 16.3 Å². The monoisotopic (exact) mass is 468 g/mol. The second kappa shape index (κ2) is 6.66. The molecule has 5 rings (SSSR count). The fourth-order valence-electron chi connectivity index (χ4n) is 4.81. The maximum atomic E-state index is 12.3. The van der Waals surface area contributed by atoms with Crippen LogP contribution in [0.25, 0.3) is 0 Å². The molecular weight excluding hydrogens is 452 g/mol. The Hall–Kier alpha value is -2.21. The number of benzene rings is 2. The number of halogens is 2. The van der Waals surface area contributed by atoms with Crippen molar-refractivity contribution in [1.82, 2.24) is 4.98 Å². The van der Waals surface area contributed by atoms with E-state index in [2.05, 4.69) is 38.0 Å². The number of rotatable bonds is 2.